The van der Waals surface area contributed by atoms with Crippen LogP contribution in [0.25, 0.3) is 0 Å². The van der Waals surface area contributed by atoms with Gasteiger partial charge in [0.05, 0.1) is 6.54 Å². The average Bonchev–Trinajstić information content (AvgIpc) is 2.27. The fourth-order valence-corrected chi connectivity index (χ4v) is 1.81. The second-order valence-electron chi connectivity index (χ2n) is 5.98. The molecule has 106 valence electrons. The lowest BCUT2D eigenvalue weighted by Gasteiger charge is -2.34. The molecule has 1 aromatic rings. The van der Waals surface area contributed by atoms with E-state index in [1.54, 1.807) is 0 Å². The van der Waals surface area contributed by atoms with Gasteiger partial charge in [-0.05, 0) is 38.5 Å². The van der Waals surface area contributed by atoms with Crippen molar-refractivity contribution in [2.45, 2.75) is 32.9 Å². The molecular formula is C15H24N2O2. The highest BCUT2D eigenvalue weighted by molar-refractivity contribution is 5.69. The van der Waals surface area contributed by atoms with E-state index in [1.165, 1.54) is 0 Å². The minimum Gasteiger partial charge on any atom is -0.480 e. The zero-order valence-electron chi connectivity index (χ0n) is 12.5. The number of anilines is 1. The number of rotatable bonds is 5. The first kappa shape index (κ1) is 15.5. The van der Waals surface area contributed by atoms with Crippen molar-refractivity contribution in [3.63, 3.8) is 0 Å². The molecular weight excluding hydrogens is 240 g/mol. The summed E-state index contributed by atoms with van der Waals surface area (Å²) >= 11 is 0. The molecule has 19 heavy (non-hydrogen) atoms. The summed E-state index contributed by atoms with van der Waals surface area (Å²) in [5.74, 6) is -0.792. The van der Waals surface area contributed by atoms with Gasteiger partial charge in [-0.1, -0.05) is 12.1 Å². The number of carboxylic acid groups (broad SMARTS) is 1. The Bertz CT molecular complexity index is 419. The molecule has 0 heterocycles. The molecule has 1 rings (SSSR count). The van der Waals surface area contributed by atoms with Crippen LogP contribution in [0.3, 0.4) is 0 Å². The first-order valence-electron chi connectivity index (χ1n) is 6.43. The van der Waals surface area contributed by atoms with E-state index in [9.17, 15) is 4.79 Å². The van der Waals surface area contributed by atoms with Gasteiger partial charge in [-0.15, -0.1) is 0 Å². The first-order valence-corrected chi connectivity index (χ1v) is 6.43. The molecule has 0 unspecified atom stereocenters. The lowest BCUT2D eigenvalue weighted by Crippen LogP contribution is -2.43. The Labute approximate surface area is 115 Å². The second-order valence-corrected chi connectivity index (χ2v) is 5.98. The van der Waals surface area contributed by atoms with Gasteiger partial charge in [-0.3, -0.25) is 9.69 Å². The Morgan fingerprint density at radius 2 is 1.68 bits per heavy atom. The molecule has 0 spiro atoms. The van der Waals surface area contributed by atoms with Crippen LogP contribution in [0.2, 0.25) is 0 Å². The lowest BCUT2D eigenvalue weighted by atomic mass is 10.0. The molecule has 0 aliphatic heterocycles. The van der Waals surface area contributed by atoms with E-state index in [0.29, 0.717) is 6.54 Å². The summed E-state index contributed by atoms with van der Waals surface area (Å²) in [7, 11) is 4.00. The van der Waals surface area contributed by atoms with Gasteiger partial charge in [0.25, 0.3) is 0 Å². The van der Waals surface area contributed by atoms with Gasteiger partial charge < -0.3 is 10.0 Å². The molecule has 0 amide bonds. The standard InChI is InChI=1S/C15H24N2O2/c1-15(2,3)17(11-14(18)19)10-12-6-8-13(9-7-12)16(4)5/h6-9H,10-11H2,1-5H3,(H,18,19). The predicted octanol–water partition coefficient (Wildman–Crippen LogP) is 2.44. The van der Waals surface area contributed by atoms with Crippen molar-refractivity contribution in [3.05, 3.63) is 29.8 Å². The van der Waals surface area contributed by atoms with Gasteiger partial charge in [0.15, 0.2) is 0 Å². The van der Waals surface area contributed by atoms with Crippen molar-refractivity contribution in [1.82, 2.24) is 4.90 Å². The van der Waals surface area contributed by atoms with Crippen molar-refractivity contribution < 1.29 is 9.90 Å². The van der Waals surface area contributed by atoms with Crippen LogP contribution < -0.4 is 4.90 Å². The highest BCUT2D eigenvalue weighted by Crippen LogP contribution is 2.19. The maximum Gasteiger partial charge on any atom is 0.317 e. The minimum absolute atomic E-state index is 0.0545. The molecule has 0 saturated carbocycles. The van der Waals surface area contributed by atoms with Gasteiger partial charge in [0, 0.05) is 31.9 Å². The van der Waals surface area contributed by atoms with E-state index >= 15 is 0 Å². The number of benzene rings is 1. The third-order valence-corrected chi connectivity index (χ3v) is 3.10. The Morgan fingerprint density at radius 1 is 1.16 bits per heavy atom. The van der Waals surface area contributed by atoms with Gasteiger partial charge >= 0.3 is 5.97 Å². The summed E-state index contributed by atoms with van der Waals surface area (Å²) < 4.78 is 0. The van der Waals surface area contributed by atoms with E-state index in [0.717, 1.165) is 11.3 Å². The molecule has 0 bridgehead atoms. The van der Waals surface area contributed by atoms with Crippen LogP contribution in [0.15, 0.2) is 24.3 Å². The number of carbonyl (C=O) groups is 1. The van der Waals surface area contributed by atoms with Crippen LogP contribution in [0.5, 0.6) is 0 Å². The molecule has 0 saturated heterocycles. The third-order valence-electron chi connectivity index (χ3n) is 3.10. The SMILES string of the molecule is CN(C)c1ccc(CN(CC(=O)O)C(C)(C)C)cc1. The van der Waals surface area contributed by atoms with Crippen LogP contribution in [0.1, 0.15) is 26.3 Å². The minimum atomic E-state index is -0.792. The third kappa shape index (κ3) is 4.91. The lowest BCUT2D eigenvalue weighted by molar-refractivity contribution is -0.139. The summed E-state index contributed by atoms with van der Waals surface area (Å²) in [4.78, 5) is 14.9. The monoisotopic (exact) mass is 264 g/mol. The second kappa shape index (κ2) is 6.06. The maximum atomic E-state index is 10.9. The maximum absolute atomic E-state index is 10.9. The van der Waals surface area contributed by atoms with Crippen molar-refractivity contribution >= 4 is 11.7 Å². The normalized spacial score (nSPS) is 11.7. The predicted molar refractivity (Wildman–Crippen MR) is 78.6 cm³/mol. The summed E-state index contributed by atoms with van der Waals surface area (Å²) in [5, 5.41) is 8.99. The summed E-state index contributed by atoms with van der Waals surface area (Å²) in [6.45, 7) is 6.79. The Balaban J connectivity index is 2.81. The largest absolute Gasteiger partial charge is 0.480 e. The summed E-state index contributed by atoms with van der Waals surface area (Å²) in [5.41, 5.74) is 2.10. The zero-order chi connectivity index (χ0) is 14.6. The number of hydrogen-bond donors (Lipinski definition) is 1. The molecule has 1 N–H and O–H groups in total. The topological polar surface area (TPSA) is 43.8 Å². The first-order chi connectivity index (χ1) is 8.70. The highest BCUT2D eigenvalue weighted by atomic mass is 16.4. The Kier molecular flexibility index (Phi) is 4.95. The molecule has 1 aromatic carbocycles. The van der Waals surface area contributed by atoms with Crippen molar-refractivity contribution in [1.29, 1.82) is 0 Å². The van der Waals surface area contributed by atoms with E-state index < -0.39 is 5.97 Å². The smallest absolute Gasteiger partial charge is 0.317 e. The van der Waals surface area contributed by atoms with Gasteiger partial charge in [0.1, 0.15) is 0 Å². The summed E-state index contributed by atoms with van der Waals surface area (Å²) in [6, 6.07) is 8.21. The van der Waals surface area contributed by atoms with Crippen molar-refractivity contribution in [3.8, 4) is 0 Å². The molecule has 0 radical (unpaired) electrons. The summed E-state index contributed by atoms with van der Waals surface area (Å²) in [6.07, 6.45) is 0. The molecule has 0 aliphatic carbocycles. The van der Waals surface area contributed by atoms with Crippen molar-refractivity contribution in [2.75, 3.05) is 25.5 Å². The molecule has 0 aromatic heterocycles. The fourth-order valence-electron chi connectivity index (χ4n) is 1.81. The average molecular weight is 264 g/mol. The van der Waals surface area contributed by atoms with Gasteiger partial charge in [-0.2, -0.15) is 0 Å². The van der Waals surface area contributed by atoms with E-state index in [-0.39, 0.29) is 12.1 Å². The molecule has 0 aliphatic rings. The number of aliphatic carboxylic acids is 1. The van der Waals surface area contributed by atoms with E-state index in [4.69, 9.17) is 5.11 Å². The van der Waals surface area contributed by atoms with E-state index in [2.05, 4.69) is 24.3 Å². The van der Waals surface area contributed by atoms with Crippen LogP contribution in [0.4, 0.5) is 5.69 Å². The molecule has 0 atom stereocenters. The van der Waals surface area contributed by atoms with Crippen LogP contribution in [-0.4, -0.2) is 42.2 Å². The molecule has 0 fully saturated rings. The van der Waals surface area contributed by atoms with Crippen LogP contribution in [0, 0.1) is 0 Å². The van der Waals surface area contributed by atoms with Crippen LogP contribution in [-0.2, 0) is 11.3 Å². The zero-order valence-corrected chi connectivity index (χ0v) is 12.5. The van der Waals surface area contributed by atoms with E-state index in [1.807, 2.05) is 44.7 Å². The highest BCUT2D eigenvalue weighted by Gasteiger charge is 2.23. The number of nitrogens with zero attached hydrogens (tertiary/aromatic N) is 2. The van der Waals surface area contributed by atoms with Gasteiger partial charge in [-0.25, -0.2) is 0 Å². The quantitative estimate of drug-likeness (QED) is 0.887. The fraction of sp³-hybridized carbons (Fsp3) is 0.533. The Morgan fingerprint density at radius 3 is 2.05 bits per heavy atom. The van der Waals surface area contributed by atoms with Crippen LogP contribution >= 0.6 is 0 Å². The van der Waals surface area contributed by atoms with Crippen molar-refractivity contribution in [2.24, 2.45) is 0 Å². The Hall–Kier alpha value is -1.55. The number of hydrogen-bond acceptors (Lipinski definition) is 3. The van der Waals surface area contributed by atoms with Gasteiger partial charge in [0.2, 0.25) is 0 Å². The number of carboxylic acids is 1. The molecule has 4 nitrogen and oxygen atoms in total. The molecule has 4 heteroatoms.